The van der Waals surface area contributed by atoms with Gasteiger partial charge >= 0.3 is 5.97 Å². The largest absolute Gasteiger partial charge is 0.459 e. The molecule has 2 aromatic rings. The third-order valence-corrected chi connectivity index (χ3v) is 3.78. The van der Waals surface area contributed by atoms with Crippen LogP contribution in [0.1, 0.15) is 47.6 Å². The lowest BCUT2D eigenvalue weighted by atomic mass is 10.0. The van der Waals surface area contributed by atoms with Gasteiger partial charge in [-0.25, -0.2) is 4.79 Å². The van der Waals surface area contributed by atoms with Crippen molar-refractivity contribution < 1.29 is 18.8 Å². The van der Waals surface area contributed by atoms with Gasteiger partial charge in [0.05, 0.1) is 5.69 Å². The molecule has 0 aliphatic carbocycles. The highest BCUT2D eigenvalue weighted by Gasteiger charge is 2.26. The number of rotatable bonds is 7. The Hall–Kier alpha value is -2.63. The summed E-state index contributed by atoms with van der Waals surface area (Å²) < 4.78 is 10.4. The van der Waals surface area contributed by atoms with E-state index in [9.17, 15) is 9.59 Å². The van der Waals surface area contributed by atoms with Crippen molar-refractivity contribution in [2.75, 3.05) is 0 Å². The minimum absolute atomic E-state index is 0.176. The lowest BCUT2D eigenvalue weighted by Crippen LogP contribution is -2.43. The molecule has 0 spiro atoms. The Morgan fingerprint density at radius 2 is 1.88 bits per heavy atom. The summed E-state index contributed by atoms with van der Waals surface area (Å²) in [5, 5.41) is 6.53. The van der Waals surface area contributed by atoms with Crippen LogP contribution in [-0.2, 0) is 16.1 Å². The molecule has 0 fully saturated rings. The predicted molar refractivity (Wildman–Crippen MR) is 92.9 cm³/mol. The second-order valence-corrected chi connectivity index (χ2v) is 6.45. The van der Waals surface area contributed by atoms with Gasteiger partial charge in [-0.1, -0.05) is 49.3 Å². The van der Waals surface area contributed by atoms with Gasteiger partial charge in [0.1, 0.15) is 24.0 Å². The molecule has 0 radical (unpaired) electrons. The molecule has 6 heteroatoms. The fourth-order valence-electron chi connectivity index (χ4n) is 2.55. The summed E-state index contributed by atoms with van der Waals surface area (Å²) in [5.41, 5.74) is 1.76. The van der Waals surface area contributed by atoms with Gasteiger partial charge in [0, 0.05) is 0 Å². The summed E-state index contributed by atoms with van der Waals surface area (Å²) in [4.78, 5) is 25.0. The minimum Gasteiger partial charge on any atom is -0.459 e. The highest BCUT2D eigenvalue weighted by molar-refractivity contribution is 5.98. The molecule has 1 atom stereocenters. The second-order valence-electron chi connectivity index (χ2n) is 6.45. The van der Waals surface area contributed by atoms with Crippen LogP contribution >= 0.6 is 0 Å². The Bertz CT molecular complexity index is 703. The smallest absolute Gasteiger partial charge is 0.328 e. The highest BCUT2D eigenvalue weighted by atomic mass is 16.5. The van der Waals surface area contributed by atoms with Gasteiger partial charge < -0.3 is 14.6 Å². The van der Waals surface area contributed by atoms with Gasteiger partial charge in [0.2, 0.25) is 0 Å². The average Bonchev–Trinajstić information content (AvgIpc) is 2.91. The first-order chi connectivity index (χ1) is 11.9. The molecule has 0 saturated carbocycles. The van der Waals surface area contributed by atoms with Crippen molar-refractivity contribution in [3.8, 4) is 0 Å². The first kappa shape index (κ1) is 18.7. The van der Waals surface area contributed by atoms with Gasteiger partial charge in [-0.3, -0.25) is 4.79 Å². The molecular formula is C19H24N2O4. The summed E-state index contributed by atoms with van der Waals surface area (Å²) in [7, 11) is 0. The fourth-order valence-corrected chi connectivity index (χ4v) is 2.55. The highest BCUT2D eigenvalue weighted by Crippen LogP contribution is 2.14. The average molecular weight is 344 g/mol. The van der Waals surface area contributed by atoms with E-state index in [1.54, 1.807) is 13.8 Å². The molecule has 1 aromatic carbocycles. The molecule has 1 heterocycles. The summed E-state index contributed by atoms with van der Waals surface area (Å²) >= 11 is 0. The molecule has 1 amide bonds. The maximum Gasteiger partial charge on any atom is 0.328 e. The zero-order chi connectivity index (χ0) is 18.4. The lowest BCUT2D eigenvalue weighted by Gasteiger charge is -2.19. The van der Waals surface area contributed by atoms with E-state index in [1.807, 2.05) is 44.2 Å². The van der Waals surface area contributed by atoms with Crippen molar-refractivity contribution in [1.82, 2.24) is 10.5 Å². The first-order valence-corrected chi connectivity index (χ1v) is 8.32. The standard InChI is InChI=1S/C19H24N2O4/c1-12(2)10-16(19(23)24-11-15-8-6-5-7-9-15)20-18(22)17-13(3)21-25-14(17)4/h5-9,12,16H,10-11H2,1-4H3,(H,20,22)/t16-/m1/s1. The molecule has 0 aliphatic heterocycles. The Kier molecular flexibility index (Phi) is 6.33. The van der Waals surface area contributed by atoms with E-state index in [-0.39, 0.29) is 18.4 Å². The molecule has 0 saturated heterocycles. The van der Waals surface area contributed by atoms with Gasteiger partial charge in [0.15, 0.2) is 0 Å². The molecule has 6 nitrogen and oxygen atoms in total. The first-order valence-electron chi connectivity index (χ1n) is 8.32. The topological polar surface area (TPSA) is 81.4 Å². The van der Waals surface area contributed by atoms with Crippen LogP contribution in [0, 0.1) is 19.8 Å². The number of ether oxygens (including phenoxy) is 1. The number of nitrogens with zero attached hydrogens (tertiary/aromatic N) is 1. The van der Waals surface area contributed by atoms with Crippen molar-refractivity contribution in [3.05, 3.63) is 52.9 Å². The number of amides is 1. The molecule has 1 aromatic heterocycles. The maximum atomic E-state index is 12.5. The van der Waals surface area contributed by atoms with Gasteiger partial charge in [-0.2, -0.15) is 0 Å². The van der Waals surface area contributed by atoms with E-state index < -0.39 is 12.0 Å². The van der Waals surface area contributed by atoms with Gasteiger partial charge in [-0.05, 0) is 31.7 Å². The molecule has 0 bridgehead atoms. The normalized spacial score (nSPS) is 12.0. The minimum atomic E-state index is -0.718. The molecule has 1 N–H and O–H groups in total. The van der Waals surface area contributed by atoms with Crippen molar-refractivity contribution in [2.24, 2.45) is 5.92 Å². The van der Waals surface area contributed by atoms with Gasteiger partial charge in [-0.15, -0.1) is 0 Å². The second kappa shape index (κ2) is 8.46. The summed E-state index contributed by atoms with van der Waals surface area (Å²) in [6, 6.07) is 8.71. The number of hydrogen-bond donors (Lipinski definition) is 1. The Labute approximate surface area is 147 Å². The Morgan fingerprint density at radius 1 is 1.20 bits per heavy atom. The van der Waals surface area contributed by atoms with Crippen molar-refractivity contribution in [3.63, 3.8) is 0 Å². The fraction of sp³-hybridized carbons (Fsp3) is 0.421. The van der Waals surface area contributed by atoms with Crippen LogP contribution in [0.2, 0.25) is 0 Å². The van der Waals surface area contributed by atoms with E-state index in [2.05, 4.69) is 10.5 Å². The van der Waals surface area contributed by atoms with E-state index in [4.69, 9.17) is 9.26 Å². The van der Waals surface area contributed by atoms with Crippen LogP contribution in [0.5, 0.6) is 0 Å². The van der Waals surface area contributed by atoms with Crippen molar-refractivity contribution in [1.29, 1.82) is 0 Å². The van der Waals surface area contributed by atoms with E-state index in [0.717, 1.165) is 5.56 Å². The van der Waals surface area contributed by atoms with Crippen LogP contribution < -0.4 is 5.32 Å². The van der Waals surface area contributed by atoms with E-state index >= 15 is 0 Å². The van der Waals surface area contributed by atoms with Crippen LogP contribution in [0.15, 0.2) is 34.9 Å². The SMILES string of the molecule is Cc1noc(C)c1C(=O)N[C@H](CC(C)C)C(=O)OCc1ccccc1. The van der Waals surface area contributed by atoms with E-state index in [1.165, 1.54) is 0 Å². The molecule has 0 aliphatic rings. The van der Waals surface area contributed by atoms with Crippen LogP contribution in [0.25, 0.3) is 0 Å². The molecule has 25 heavy (non-hydrogen) atoms. The quantitative estimate of drug-likeness (QED) is 0.780. The van der Waals surface area contributed by atoms with E-state index in [0.29, 0.717) is 23.4 Å². The van der Waals surface area contributed by atoms with Crippen molar-refractivity contribution in [2.45, 2.75) is 46.8 Å². The number of aromatic nitrogens is 1. The third-order valence-electron chi connectivity index (χ3n) is 3.78. The zero-order valence-electron chi connectivity index (χ0n) is 15.0. The summed E-state index contributed by atoms with van der Waals surface area (Å²) in [6.45, 7) is 7.51. The number of aryl methyl sites for hydroxylation is 2. The van der Waals surface area contributed by atoms with Crippen LogP contribution in [0.4, 0.5) is 0 Å². The molecular weight excluding hydrogens is 320 g/mol. The monoisotopic (exact) mass is 344 g/mol. The predicted octanol–water partition coefficient (Wildman–Crippen LogP) is 3.18. The van der Waals surface area contributed by atoms with Crippen LogP contribution in [0.3, 0.4) is 0 Å². The number of hydrogen-bond acceptors (Lipinski definition) is 5. The number of carbonyl (C=O) groups excluding carboxylic acids is 2. The van der Waals surface area contributed by atoms with Crippen LogP contribution in [-0.4, -0.2) is 23.1 Å². The number of carbonyl (C=O) groups is 2. The summed E-state index contributed by atoms with van der Waals surface area (Å²) in [6.07, 6.45) is 0.489. The maximum absolute atomic E-state index is 12.5. The summed E-state index contributed by atoms with van der Waals surface area (Å²) in [5.74, 6) is -0.175. The lowest BCUT2D eigenvalue weighted by molar-refractivity contribution is -0.147. The van der Waals surface area contributed by atoms with Gasteiger partial charge in [0.25, 0.3) is 5.91 Å². The molecule has 0 unspecified atom stereocenters. The zero-order valence-corrected chi connectivity index (χ0v) is 15.0. The Morgan fingerprint density at radius 3 is 2.44 bits per heavy atom. The third kappa shape index (κ3) is 5.17. The molecule has 134 valence electrons. The number of esters is 1. The van der Waals surface area contributed by atoms with Crippen molar-refractivity contribution >= 4 is 11.9 Å². The molecule has 2 rings (SSSR count). The Balaban J connectivity index is 2.04. The number of benzene rings is 1. The number of nitrogens with one attached hydrogen (secondary N) is 1.